The standard InChI is InChI=1S/C20H22N2O4S/c21-16-8-4-13(5-9-16)14-6-10-17(11-7-14)27(25,26)22-18-3-1-2-15(18)12-19(22)20(23)24/h4-11,15,18-19H,1-3,12,21H2,(H,23,24)/t15-,18-,19?/m1/s1. The molecule has 2 aromatic rings. The molecule has 1 saturated heterocycles. The number of carbonyl (C=O) groups is 1. The van der Waals surface area contributed by atoms with Gasteiger partial charge < -0.3 is 10.8 Å². The van der Waals surface area contributed by atoms with E-state index in [4.69, 9.17) is 5.73 Å². The molecule has 2 aliphatic rings. The van der Waals surface area contributed by atoms with Crippen molar-refractivity contribution in [1.82, 2.24) is 4.31 Å². The Kier molecular flexibility index (Phi) is 4.44. The first-order chi connectivity index (χ1) is 12.9. The molecule has 1 unspecified atom stereocenters. The van der Waals surface area contributed by atoms with E-state index in [1.54, 1.807) is 36.4 Å². The largest absolute Gasteiger partial charge is 0.480 e. The van der Waals surface area contributed by atoms with Crippen molar-refractivity contribution in [2.75, 3.05) is 5.73 Å². The van der Waals surface area contributed by atoms with Crippen LogP contribution in [-0.2, 0) is 14.8 Å². The fraction of sp³-hybridized carbons (Fsp3) is 0.350. The highest BCUT2D eigenvalue weighted by molar-refractivity contribution is 7.89. The Morgan fingerprint density at radius 1 is 1.00 bits per heavy atom. The number of nitrogens with zero attached hydrogens (tertiary/aromatic N) is 1. The second-order valence-electron chi connectivity index (χ2n) is 7.33. The maximum Gasteiger partial charge on any atom is 0.322 e. The van der Waals surface area contributed by atoms with E-state index in [2.05, 4.69) is 0 Å². The minimum Gasteiger partial charge on any atom is -0.480 e. The zero-order chi connectivity index (χ0) is 19.2. The van der Waals surface area contributed by atoms with Gasteiger partial charge in [-0.3, -0.25) is 4.79 Å². The lowest BCUT2D eigenvalue weighted by Crippen LogP contribution is -2.44. The molecular weight excluding hydrogens is 364 g/mol. The molecule has 3 N–H and O–H groups in total. The average Bonchev–Trinajstić information content (AvgIpc) is 3.23. The van der Waals surface area contributed by atoms with Crippen molar-refractivity contribution in [3.05, 3.63) is 48.5 Å². The van der Waals surface area contributed by atoms with E-state index in [9.17, 15) is 18.3 Å². The highest BCUT2D eigenvalue weighted by atomic mass is 32.2. The average molecular weight is 386 g/mol. The predicted molar refractivity (Wildman–Crippen MR) is 102 cm³/mol. The van der Waals surface area contributed by atoms with Crippen molar-refractivity contribution in [2.45, 2.75) is 42.7 Å². The van der Waals surface area contributed by atoms with E-state index >= 15 is 0 Å². The van der Waals surface area contributed by atoms with Gasteiger partial charge in [0, 0.05) is 11.7 Å². The Hall–Kier alpha value is -2.38. The van der Waals surface area contributed by atoms with E-state index in [0.29, 0.717) is 12.1 Å². The van der Waals surface area contributed by atoms with Crippen LogP contribution < -0.4 is 5.73 Å². The number of carboxylic acids is 1. The van der Waals surface area contributed by atoms with Crippen molar-refractivity contribution >= 4 is 21.7 Å². The first-order valence-electron chi connectivity index (χ1n) is 9.10. The van der Waals surface area contributed by atoms with Crippen molar-refractivity contribution in [3.63, 3.8) is 0 Å². The summed E-state index contributed by atoms with van der Waals surface area (Å²) in [4.78, 5) is 11.8. The summed E-state index contributed by atoms with van der Waals surface area (Å²) < 4.78 is 27.7. The van der Waals surface area contributed by atoms with Crippen molar-refractivity contribution < 1.29 is 18.3 Å². The summed E-state index contributed by atoms with van der Waals surface area (Å²) in [5.41, 5.74) is 8.18. The summed E-state index contributed by atoms with van der Waals surface area (Å²) in [7, 11) is -3.86. The normalized spacial score (nSPS) is 25.4. The van der Waals surface area contributed by atoms with Crippen LogP contribution in [0.3, 0.4) is 0 Å². The van der Waals surface area contributed by atoms with Gasteiger partial charge in [0.25, 0.3) is 0 Å². The highest BCUT2D eigenvalue weighted by Crippen LogP contribution is 2.44. The van der Waals surface area contributed by atoms with Gasteiger partial charge in [0.15, 0.2) is 0 Å². The number of sulfonamides is 1. The Morgan fingerprint density at radius 3 is 2.19 bits per heavy atom. The summed E-state index contributed by atoms with van der Waals surface area (Å²) in [6, 6.07) is 12.8. The predicted octanol–water partition coefficient (Wildman–Crippen LogP) is 2.95. The molecule has 27 heavy (non-hydrogen) atoms. The number of rotatable bonds is 4. The number of nitrogens with two attached hydrogens (primary N) is 1. The molecule has 0 bridgehead atoms. The molecule has 3 atom stereocenters. The fourth-order valence-corrected chi connectivity index (χ4v) is 6.29. The minimum absolute atomic E-state index is 0.139. The van der Waals surface area contributed by atoms with Gasteiger partial charge in [0.05, 0.1) is 4.90 Å². The quantitative estimate of drug-likeness (QED) is 0.787. The summed E-state index contributed by atoms with van der Waals surface area (Å²) in [6.45, 7) is 0. The Labute approximate surface area is 158 Å². The summed E-state index contributed by atoms with van der Waals surface area (Å²) in [5.74, 6) is -0.915. The van der Waals surface area contributed by atoms with Crippen molar-refractivity contribution in [3.8, 4) is 11.1 Å². The van der Waals surface area contributed by atoms with E-state index in [-0.39, 0.29) is 16.9 Å². The van der Waals surface area contributed by atoms with Gasteiger partial charge in [-0.2, -0.15) is 4.31 Å². The Morgan fingerprint density at radius 2 is 1.59 bits per heavy atom. The van der Waals surface area contributed by atoms with Crippen LogP contribution in [0.15, 0.2) is 53.4 Å². The molecule has 2 aromatic carbocycles. The molecule has 142 valence electrons. The third-order valence-electron chi connectivity index (χ3n) is 5.74. The van der Waals surface area contributed by atoms with Crippen LogP contribution in [0.2, 0.25) is 0 Å². The molecule has 0 radical (unpaired) electrons. The number of nitrogen functional groups attached to an aromatic ring is 1. The third-order valence-corrected chi connectivity index (χ3v) is 7.69. The van der Waals surface area contributed by atoms with Crippen LogP contribution >= 0.6 is 0 Å². The number of hydrogen-bond acceptors (Lipinski definition) is 4. The maximum absolute atomic E-state index is 13.2. The highest BCUT2D eigenvalue weighted by Gasteiger charge is 2.52. The monoisotopic (exact) mass is 386 g/mol. The molecule has 1 aliphatic heterocycles. The SMILES string of the molecule is Nc1ccc(-c2ccc(S(=O)(=O)N3C(C(=O)O)C[C@H]4CCC[C@H]43)cc2)cc1. The molecule has 0 spiro atoms. The smallest absolute Gasteiger partial charge is 0.322 e. The lowest BCUT2D eigenvalue weighted by molar-refractivity contribution is -0.141. The number of carboxylic acid groups (broad SMARTS) is 1. The van der Waals surface area contributed by atoms with E-state index in [1.165, 1.54) is 4.31 Å². The molecule has 4 rings (SSSR count). The molecule has 1 saturated carbocycles. The Bertz CT molecular complexity index is 954. The lowest BCUT2D eigenvalue weighted by atomic mass is 10.0. The van der Waals surface area contributed by atoms with Gasteiger partial charge in [0.1, 0.15) is 6.04 Å². The molecule has 1 heterocycles. The van der Waals surface area contributed by atoms with Gasteiger partial charge in [-0.05, 0) is 60.6 Å². The number of aliphatic carboxylic acids is 1. The van der Waals surface area contributed by atoms with Crippen LogP contribution in [0.25, 0.3) is 11.1 Å². The molecular formula is C20H22N2O4S. The fourth-order valence-electron chi connectivity index (χ4n) is 4.42. The van der Waals surface area contributed by atoms with Crippen molar-refractivity contribution in [2.24, 2.45) is 5.92 Å². The first kappa shape index (κ1) is 18.0. The number of anilines is 1. The Balaban J connectivity index is 1.67. The summed E-state index contributed by atoms with van der Waals surface area (Å²) in [5, 5.41) is 9.55. The van der Waals surface area contributed by atoms with Crippen LogP contribution in [0.5, 0.6) is 0 Å². The number of benzene rings is 2. The zero-order valence-electron chi connectivity index (χ0n) is 14.8. The second kappa shape index (κ2) is 6.65. The second-order valence-corrected chi connectivity index (χ2v) is 9.17. The topological polar surface area (TPSA) is 101 Å². The number of fused-ring (bicyclic) bond motifs is 1. The van der Waals surface area contributed by atoms with Crippen LogP contribution in [0.4, 0.5) is 5.69 Å². The van der Waals surface area contributed by atoms with E-state index in [0.717, 1.165) is 30.4 Å². The first-order valence-corrected chi connectivity index (χ1v) is 10.5. The van der Waals surface area contributed by atoms with Gasteiger partial charge in [-0.25, -0.2) is 8.42 Å². The van der Waals surface area contributed by atoms with E-state index < -0.39 is 22.0 Å². The van der Waals surface area contributed by atoms with Gasteiger partial charge in [-0.15, -0.1) is 0 Å². The zero-order valence-corrected chi connectivity index (χ0v) is 15.6. The molecule has 0 aromatic heterocycles. The molecule has 0 amide bonds. The van der Waals surface area contributed by atoms with Crippen molar-refractivity contribution in [1.29, 1.82) is 0 Å². The van der Waals surface area contributed by atoms with Gasteiger partial charge >= 0.3 is 5.97 Å². The third kappa shape index (κ3) is 3.11. The van der Waals surface area contributed by atoms with Crippen LogP contribution in [0.1, 0.15) is 25.7 Å². The lowest BCUT2D eigenvalue weighted by Gasteiger charge is -2.26. The number of hydrogen-bond donors (Lipinski definition) is 2. The molecule has 6 nitrogen and oxygen atoms in total. The summed E-state index contributed by atoms with van der Waals surface area (Å²) in [6.07, 6.45) is 2.99. The van der Waals surface area contributed by atoms with Gasteiger partial charge in [-0.1, -0.05) is 30.7 Å². The molecule has 2 fully saturated rings. The maximum atomic E-state index is 13.2. The van der Waals surface area contributed by atoms with Gasteiger partial charge in [0.2, 0.25) is 10.0 Å². The molecule has 1 aliphatic carbocycles. The minimum atomic E-state index is -3.86. The summed E-state index contributed by atoms with van der Waals surface area (Å²) >= 11 is 0. The van der Waals surface area contributed by atoms with Crippen LogP contribution in [-0.4, -0.2) is 35.9 Å². The van der Waals surface area contributed by atoms with E-state index in [1.807, 2.05) is 12.1 Å². The van der Waals surface area contributed by atoms with Crippen LogP contribution in [0, 0.1) is 5.92 Å². The molecule has 7 heteroatoms.